The van der Waals surface area contributed by atoms with Gasteiger partial charge in [-0.1, -0.05) is 27.7 Å². The summed E-state index contributed by atoms with van der Waals surface area (Å²) in [5, 5.41) is 0. The molecule has 1 heterocycles. The Kier molecular flexibility index (Phi) is 14.0. The Bertz CT molecular complexity index is 89.0. The van der Waals surface area contributed by atoms with Crippen molar-refractivity contribution in [1.82, 2.24) is 4.90 Å². The summed E-state index contributed by atoms with van der Waals surface area (Å²) in [6.45, 7) is 11.5. The van der Waals surface area contributed by atoms with Crippen molar-refractivity contribution < 1.29 is 4.74 Å². The molecule has 13 heavy (non-hydrogen) atoms. The van der Waals surface area contributed by atoms with Crippen molar-refractivity contribution in [3.8, 4) is 0 Å². The highest BCUT2D eigenvalue weighted by molar-refractivity contribution is 4.68. The molecule has 0 aromatic heterocycles. The number of hydrogen-bond acceptors (Lipinski definition) is 3. The molecule has 1 rings (SSSR count). The van der Waals surface area contributed by atoms with Gasteiger partial charge in [0.05, 0.1) is 12.7 Å². The third-order valence-electron chi connectivity index (χ3n) is 1.60. The average Bonchev–Trinajstić information content (AvgIpc) is 2.24. The summed E-state index contributed by atoms with van der Waals surface area (Å²) in [5.74, 6) is 0. The maximum atomic E-state index is 5.41. The summed E-state index contributed by atoms with van der Waals surface area (Å²) in [4.78, 5) is 2.24. The van der Waals surface area contributed by atoms with Gasteiger partial charge in [-0.2, -0.15) is 0 Å². The Morgan fingerprint density at radius 1 is 1.31 bits per heavy atom. The van der Waals surface area contributed by atoms with Crippen molar-refractivity contribution in [2.75, 3.05) is 33.3 Å². The number of ether oxygens (including phenoxy) is 1. The largest absolute Gasteiger partial charge is 0.374 e. The van der Waals surface area contributed by atoms with Crippen molar-refractivity contribution in [2.24, 2.45) is 5.73 Å². The minimum Gasteiger partial charge on any atom is -0.374 e. The molecular weight excluding hydrogens is 164 g/mol. The third-order valence-corrected chi connectivity index (χ3v) is 1.60. The molecule has 82 valence electrons. The maximum Gasteiger partial charge on any atom is 0.0824 e. The van der Waals surface area contributed by atoms with E-state index in [-0.39, 0.29) is 6.10 Å². The minimum atomic E-state index is 0.267. The topological polar surface area (TPSA) is 38.5 Å². The van der Waals surface area contributed by atoms with Crippen LogP contribution in [0.5, 0.6) is 0 Å². The minimum absolute atomic E-state index is 0.267. The van der Waals surface area contributed by atoms with Gasteiger partial charge < -0.3 is 15.4 Å². The third kappa shape index (κ3) is 8.22. The van der Waals surface area contributed by atoms with E-state index in [4.69, 9.17) is 10.5 Å². The van der Waals surface area contributed by atoms with Crippen LogP contribution < -0.4 is 5.73 Å². The standard InChI is InChI=1S/C6H14N2O.2C2H6/c1-8-2-3-9-6(4-7)5-8;2*1-2/h6H,2-5,7H2,1H3;2*1-2H3. The summed E-state index contributed by atoms with van der Waals surface area (Å²) >= 11 is 0. The molecule has 0 aromatic rings. The van der Waals surface area contributed by atoms with E-state index in [1.807, 2.05) is 27.7 Å². The summed E-state index contributed by atoms with van der Waals surface area (Å²) < 4.78 is 5.33. The van der Waals surface area contributed by atoms with Crippen molar-refractivity contribution in [3.05, 3.63) is 0 Å². The zero-order chi connectivity index (χ0) is 10.7. The molecule has 2 N–H and O–H groups in total. The summed E-state index contributed by atoms with van der Waals surface area (Å²) in [6, 6.07) is 0. The van der Waals surface area contributed by atoms with E-state index in [2.05, 4.69) is 11.9 Å². The Labute approximate surface area is 83.2 Å². The molecule has 0 radical (unpaired) electrons. The average molecular weight is 190 g/mol. The Morgan fingerprint density at radius 2 is 1.85 bits per heavy atom. The molecule has 3 nitrogen and oxygen atoms in total. The van der Waals surface area contributed by atoms with Crippen LogP contribution in [0.4, 0.5) is 0 Å². The molecular formula is C10H26N2O. The lowest BCUT2D eigenvalue weighted by Gasteiger charge is -2.28. The lowest BCUT2D eigenvalue weighted by Crippen LogP contribution is -2.43. The van der Waals surface area contributed by atoms with Crippen LogP contribution in [0, 0.1) is 0 Å². The van der Waals surface area contributed by atoms with Gasteiger partial charge in [-0.05, 0) is 7.05 Å². The second-order valence-corrected chi connectivity index (χ2v) is 2.49. The summed E-state index contributed by atoms with van der Waals surface area (Å²) in [6.07, 6.45) is 0.267. The maximum absolute atomic E-state index is 5.41. The fraction of sp³-hybridized carbons (Fsp3) is 1.00. The van der Waals surface area contributed by atoms with E-state index in [0.717, 1.165) is 19.7 Å². The SMILES string of the molecule is CC.CC.CN1CCOC(CN)C1. The monoisotopic (exact) mass is 190 g/mol. The van der Waals surface area contributed by atoms with Crippen LogP contribution in [0.3, 0.4) is 0 Å². The predicted octanol–water partition coefficient (Wildman–Crippen LogP) is 1.33. The van der Waals surface area contributed by atoms with E-state index in [0.29, 0.717) is 6.54 Å². The molecule has 0 spiro atoms. The van der Waals surface area contributed by atoms with Gasteiger partial charge in [0.15, 0.2) is 0 Å². The Hall–Kier alpha value is -0.120. The first kappa shape index (κ1) is 15.4. The van der Waals surface area contributed by atoms with Crippen molar-refractivity contribution in [3.63, 3.8) is 0 Å². The smallest absolute Gasteiger partial charge is 0.0824 e. The first-order valence-corrected chi connectivity index (χ1v) is 5.33. The van der Waals surface area contributed by atoms with Crippen molar-refractivity contribution in [1.29, 1.82) is 0 Å². The zero-order valence-electron chi connectivity index (χ0n) is 9.84. The van der Waals surface area contributed by atoms with Crippen LogP contribution in [0.2, 0.25) is 0 Å². The summed E-state index contributed by atoms with van der Waals surface area (Å²) in [7, 11) is 2.09. The molecule has 0 aliphatic carbocycles. The van der Waals surface area contributed by atoms with Crippen LogP contribution >= 0.6 is 0 Å². The van der Waals surface area contributed by atoms with Crippen LogP contribution in [0.15, 0.2) is 0 Å². The molecule has 0 amide bonds. The molecule has 1 aliphatic heterocycles. The fourth-order valence-electron chi connectivity index (χ4n) is 1.01. The van der Waals surface area contributed by atoms with Crippen molar-refractivity contribution >= 4 is 0 Å². The molecule has 0 bridgehead atoms. The second kappa shape index (κ2) is 11.9. The highest BCUT2D eigenvalue weighted by Crippen LogP contribution is 1.99. The first-order valence-electron chi connectivity index (χ1n) is 5.33. The molecule has 1 unspecified atom stereocenters. The Morgan fingerprint density at radius 3 is 2.15 bits per heavy atom. The van der Waals surface area contributed by atoms with E-state index in [1.54, 1.807) is 0 Å². The van der Waals surface area contributed by atoms with E-state index >= 15 is 0 Å². The lowest BCUT2D eigenvalue weighted by molar-refractivity contribution is -0.0138. The van der Waals surface area contributed by atoms with Gasteiger partial charge in [0.25, 0.3) is 0 Å². The van der Waals surface area contributed by atoms with Gasteiger partial charge in [-0.15, -0.1) is 0 Å². The molecule has 1 saturated heterocycles. The van der Waals surface area contributed by atoms with Crippen LogP contribution in [0.1, 0.15) is 27.7 Å². The van der Waals surface area contributed by atoms with Crippen LogP contribution in [-0.2, 0) is 4.74 Å². The predicted molar refractivity (Wildman–Crippen MR) is 59.0 cm³/mol. The number of hydrogen-bond donors (Lipinski definition) is 1. The molecule has 0 aromatic carbocycles. The van der Waals surface area contributed by atoms with Gasteiger partial charge in [0.2, 0.25) is 0 Å². The van der Waals surface area contributed by atoms with E-state index in [1.165, 1.54) is 0 Å². The fourth-order valence-corrected chi connectivity index (χ4v) is 1.01. The summed E-state index contributed by atoms with van der Waals surface area (Å²) in [5.41, 5.74) is 5.41. The van der Waals surface area contributed by atoms with Gasteiger partial charge in [0, 0.05) is 19.6 Å². The Balaban J connectivity index is 0. The normalized spacial score (nSPS) is 22.2. The number of morpholine rings is 1. The zero-order valence-corrected chi connectivity index (χ0v) is 9.84. The number of likely N-dealkylation sites (N-methyl/N-ethyl adjacent to an activating group) is 1. The molecule has 0 saturated carbocycles. The van der Waals surface area contributed by atoms with Crippen molar-refractivity contribution in [2.45, 2.75) is 33.8 Å². The highest BCUT2D eigenvalue weighted by atomic mass is 16.5. The quantitative estimate of drug-likeness (QED) is 0.678. The van der Waals surface area contributed by atoms with Crippen LogP contribution in [-0.4, -0.2) is 44.3 Å². The molecule has 1 fully saturated rings. The molecule has 1 atom stereocenters. The molecule has 3 heteroatoms. The number of nitrogens with zero attached hydrogens (tertiary/aromatic N) is 1. The van der Waals surface area contributed by atoms with E-state index in [9.17, 15) is 0 Å². The van der Waals surface area contributed by atoms with E-state index < -0.39 is 0 Å². The number of nitrogens with two attached hydrogens (primary N) is 1. The second-order valence-electron chi connectivity index (χ2n) is 2.49. The highest BCUT2D eigenvalue weighted by Gasteiger charge is 2.14. The lowest BCUT2D eigenvalue weighted by atomic mass is 10.3. The van der Waals surface area contributed by atoms with Gasteiger partial charge in [0.1, 0.15) is 0 Å². The van der Waals surface area contributed by atoms with Gasteiger partial charge >= 0.3 is 0 Å². The van der Waals surface area contributed by atoms with Gasteiger partial charge in [-0.3, -0.25) is 0 Å². The first-order chi connectivity index (χ1) is 6.33. The molecule has 1 aliphatic rings. The van der Waals surface area contributed by atoms with Gasteiger partial charge in [-0.25, -0.2) is 0 Å². The van der Waals surface area contributed by atoms with Crippen LogP contribution in [0.25, 0.3) is 0 Å². The number of rotatable bonds is 1.